The fourth-order valence-corrected chi connectivity index (χ4v) is 1.68. The predicted molar refractivity (Wildman–Crippen MR) is 79.2 cm³/mol. The van der Waals surface area contributed by atoms with Crippen molar-refractivity contribution in [3.05, 3.63) is 35.4 Å². The van der Waals surface area contributed by atoms with Crippen molar-refractivity contribution in [2.45, 2.75) is 39.3 Å². The maximum atomic E-state index is 13.1. The molecule has 0 aliphatic rings. The van der Waals surface area contributed by atoms with Gasteiger partial charge in [-0.2, -0.15) is 0 Å². The third-order valence-corrected chi connectivity index (χ3v) is 3.26. The van der Waals surface area contributed by atoms with Gasteiger partial charge >= 0.3 is 6.03 Å². The van der Waals surface area contributed by atoms with Crippen molar-refractivity contribution < 1.29 is 18.4 Å². The first-order valence-electron chi connectivity index (χ1n) is 7.12. The van der Waals surface area contributed by atoms with Crippen molar-refractivity contribution in [3.8, 4) is 0 Å². The van der Waals surface area contributed by atoms with Gasteiger partial charge in [-0.1, -0.05) is 13.0 Å². The van der Waals surface area contributed by atoms with E-state index in [2.05, 4.69) is 16.0 Å². The van der Waals surface area contributed by atoms with Crippen LogP contribution in [0.15, 0.2) is 18.2 Å². The molecule has 0 saturated carbocycles. The van der Waals surface area contributed by atoms with Gasteiger partial charge in [-0.15, -0.1) is 0 Å². The highest BCUT2D eigenvalue weighted by atomic mass is 19.2. The molecule has 0 saturated heterocycles. The molecular formula is C15H21F2N3O2. The zero-order chi connectivity index (χ0) is 16.7. The van der Waals surface area contributed by atoms with Crippen molar-refractivity contribution >= 4 is 11.9 Å². The van der Waals surface area contributed by atoms with Crippen LogP contribution in [0.4, 0.5) is 13.6 Å². The van der Waals surface area contributed by atoms with Crippen LogP contribution < -0.4 is 16.0 Å². The summed E-state index contributed by atoms with van der Waals surface area (Å²) in [4.78, 5) is 23.1. The Morgan fingerprint density at radius 1 is 1.18 bits per heavy atom. The van der Waals surface area contributed by atoms with E-state index in [9.17, 15) is 18.4 Å². The van der Waals surface area contributed by atoms with Gasteiger partial charge in [0.2, 0.25) is 5.91 Å². The number of halogens is 2. The van der Waals surface area contributed by atoms with Crippen LogP contribution in [0.1, 0.15) is 38.8 Å². The molecule has 0 bridgehead atoms. The van der Waals surface area contributed by atoms with E-state index in [-0.39, 0.29) is 18.6 Å². The first kappa shape index (κ1) is 18.0. The van der Waals surface area contributed by atoms with Crippen molar-refractivity contribution in [1.29, 1.82) is 0 Å². The quantitative estimate of drug-likeness (QED) is 0.754. The largest absolute Gasteiger partial charge is 0.335 e. The van der Waals surface area contributed by atoms with E-state index in [1.807, 2.05) is 13.8 Å². The van der Waals surface area contributed by atoms with Crippen LogP contribution in [0.3, 0.4) is 0 Å². The molecule has 0 fully saturated rings. The SMILES string of the molecule is CC[C@H](C)NC(=O)NC(=O)CN[C@@H](C)c1ccc(F)c(F)c1. The Bertz CT molecular complexity index is 538. The number of hydrogen-bond acceptors (Lipinski definition) is 3. The van der Waals surface area contributed by atoms with Crippen LogP contribution in [0.5, 0.6) is 0 Å². The van der Waals surface area contributed by atoms with E-state index in [0.29, 0.717) is 5.56 Å². The van der Waals surface area contributed by atoms with E-state index < -0.39 is 23.6 Å². The zero-order valence-corrected chi connectivity index (χ0v) is 12.9. The van der Waals surface area contributed by atoms with E-state index in [4.69, 9.17) is 0 Å². The molecule has 1 rings (SSSR count). The molecule has 22 heavy (non-hydrogen) atoms. The molecule has 7 heteroatoms. The van der Waals surface area contributed by atoms with Crippen LogP contribution in [0.25, 0.3) is 0 Å². The molecule has 2 atom stereocenters. The summed E-state index contributed by atoms with van der Waals surface area (Å²) in [7, 11) is 0. The summed E-state index contributed by atoms with van der Waals surface area (Å²) in [5, 5.41) is 7.63. The minimum atomic E-state index is -0.941. The molecular weight excluding hydrogens is 292 g/mol. The fraction of sp³-hybridized carbons (Fsp3) is 0.467. The van der Waals surface area contributed by atoms with Gasteiger partial charge in [-0.3, -0.25) is 10.1 Å². The smallest absolute Gasteiger partial charge is 0.321 e. The summed E-state index contributed by atoms with van der Waals surface area (Å²) in [6.45, 7) is 5.33. The van der Waals surface area contributed by atoms with Gasteiger partial charge in [0.25, 0.3) is 0 Å². The molecule has 0 aromatic heterocycles. The molecule has 122 valence electrons. The monoisotopic (exact) mass is 313 g/mol. The maximum absolute atomic E-state index is 13.1. The molecule has 0 heterocycles. The van der Waals surface area contributed by atoms with Crippen LogP contribution in [0, 0.1) is 11.6 Å². The fourth-order valence-electron chi connectivity index (χ4n) is 1.68. The number of imide groups is 1. The van der Waals surface area contributed by atoms with Crippen molar-refractivity contribution in [1.82, 2.24) is 16.0 Å². The number of amides is 3. The molecule has 0 aliphatic carbocycles. The number of carbonyl (C=O) groups excluding carboxylic acids is 2. The van der Waals surface area contributed by atoms with E-state index in [1.54, 1.807) is 6.92 Å². The number of carbonyl (C=O) groups is 2. The average molecular weight is 313 g/mol. The summed E-state index contributed by atoms with van der Waals surface area (Å²) in [6.07, 6.45) is 0.757. The second kappa shape index (κ2) is 8.43. The Morgan fingerprint density at radius 2 is 1.86 bits per heavy atom. The standard InChI is InChI=1S/C15H21F2N3O2/c1-4-9(2)19-15(22)20-14(21)8-18-10(3)11-5-6-12(16)13(17)7-11/h5-7,9-10,18H,4,8H2,1-3H3,(H2,19,20,21,22)/t9-,10-/m0/s1. The number of rotatable bonds is 6. The Morgan fingerprint density at radius 3 is 2.45 bits per heavy atom. The number of benzene rings is 1. The van der Waals surface area contributed by atoms with E-state index in [1.165, 1.54) is 6.07 Å². The Hall–Kier alpha value is -2.02. The molecule has 1 aromatic rings. The minimum Gasteiger partial charge on any atom is -0.335 e. The Balaban J connectivity index is 2.43. The molecule has 0 unspecified atom stereocenters. The minimum absolute atomic E-state index is 0.0260. The second-order valence-corrected chi connectivity index (χ2v) is 5.11. The van der Waals surface area contributed by atoms with Crippen molar-refractivity contribution in [3.63, 3.8) is 0 Å². The first-order valence-corrected chi connectivity index (χ1v) is 7.12. The lowest BCUT2D eigenvalue weighted by atomic mass is 10.1. The van der Waals surface area contributed by atoms with Gasteiger partial charge < -0.3 is 10.6 Å². The highest BCUT2D eigenvalue weighted by Crippen LogP contribution is 2.15. The normalized spacial score (nSPS) is 13.3. The second-order valence-electron chi connectivity index (χ2n) is 5.11. The van der Waals surface area contributed by atoms with Crippen LogP contribution in [0.2, 0.25) is 0 Å². The van der Waals surface area contributed by atoms with Crippen LogP contribution >= 0.6 is 0 Å². The molecule has 1 aromatic carbocycles. The lowest BCUT2D eigenvalue weighted by molar-refractivity contribution is -0.119. The topological polar surface area (TPSA) is 70.2 Å². The molecule has 0 radical (unpaired) electrons. The van der Waals surface area contributed by atoms with Crippen LogP contribution in [-0.4, -0.2) is 24.5 Å². The summed E-state index contributed by atoms with van der Waals surface area (Å²) < 4.78 is 26.0. The maximum Gasteiger partial charge on any atom is 0.321 e. The number of urea groups is 1. The number of nitrogens with one attached hydrogen (secondary N) is 3. The van der Waals surface area contributed by atoms with Gasteiger partial charge in [0.05, 0.1) is 6.54 Å². The first-order chi connectivity index (χ1) is 10.3. The summed E-state index contributed by atoms with van der Waals surface area (Å²) in [6, 6.07) is 2.59. The number of hydrogen-bond donors (Lipinski definition) is 3. The van der Waals surface area contributed by atoms with Gasteiger partial charge in [-0.25, -0.2) is 13.6 Å². The zero-order valence-electron chi connectivity index (χ0n) is 12.9. The summed E-state index contributed by atoms with van der Waals surface area (Å²) in [5.74, 6) is -2.37. The van der Waals surface area contributed by atoms with Gasteiger partial charge in [0, 0.05) is 12.1 Å². The molecule has 3 N–H and O–H groups in total. The van der Waals surface area contributed by atoms with Gasteiger partial charge in [0.15, 0.2) is 11.6 Å². The third-order valence-electron chi connectivity index (χ3n) is 3.26. The summed E-state index contributed by atoms with van der Waals surface area (Å²) in [5.41, 5.74) is 0.510. The summed E-state index contributed by atoms with van der Waals surface area (Å²) >= 11 is 0. The third kappa shape index (κ3) is 5.77. The molecule has 0 aliphatic heterocycles. The Labute approximate surface area is 128 Å². The Kier molecular flexibility index (Phi) is 6.91. The van der Waals surface area contributed by atoms with Gasteiger partial charge in [-0.05, 0) is 38.0 Å². The molecule has 5 nitrogen and oxygen atoms in total. The van der Waals surface area contributed by atoms with Crippen molar-refractivity contribution in [2.24, 2.45) is 0 Å². The highest BCUT2D eigenvalue weighted by molar-refractivity contribution is 5.95. The lowest BCUT2D eigenvalue weighted by Gasteiger charge is -2.15. The van der Waals surface area contributed by atoms with Gasteiger partial charge in [0.1, 0.15) is 0 Å². The predicted octanol–water partition coefficient (Wildman–Crippen LogP) is 2.24. The van der Waals surface area contributed by atoms with E-state index >= 15 is 0 Å². The van der Waals surface area contributed by atoms with Crippen molar-refractivity contribution in [2.75, 3.05) is 6.54 Å². The average Bonchev–Trinajstić information content (AvgIpc) is 2.47. The lowest BCUT2D eigenvalue weighted by Crippen LogP contribution is -2.46. The van der Waals surface area contributed by atoms with E-state index in [0.717, 1.165) is 18.6 Å². The van der Waals surface area contributed by atoms with Crippen LogP contribution in [-0.2, 0) is 4.79 Å². The molecule has 3 amide bonds. The molecule has 0 spiro atoms. The highest BCUT2D eigenvalue weighted by Gasteiger charge is 2.13.